The molecule has 0 heterocycles. The van der Waals surface area contributed by atoms with Crippen LogP contribution in [0.4, 0.5) is 0 Å². The van der Waals surface area contributed by atoms with E-state index < -0.39 is 0 Å². The Labute approximate surface area is 164 Å². The summed E-state index contributed by atoms with van der Waals surface area (Å²) in [6.07, 6.45) is 2.57. The van der Waals surface area contributed by atoms with Gasteiger partial charge in [0.2, 0.25) is 5.91 Å². The van der Waals surface area contributed by atoms with E-state index in [-0.39, 0.29) is 17.7 Å². The van der Waals surface area contributed by atoms with Gasteiger partial charge in [-0.1, -0.05) is 48.7 Å². The lowest BCUT2D eigenvalue weighted by atomic mass is 9.94. The van der Waals surface area contributed by atoms with E-state index in [4.69, 9.17) is 28.9 Å². The molecular weight excluding hydrogens is 371 g/mol. The van der Waals surface area contributed by atoms with Crippen LogP contribution in [0.15, 0.2) is 36.4 Å². The van der Waals surface area contributed by atoms with Gasteiger partial charge in [0.05, 0.1) is 6.04 Å². The van der Waals surface area contributed by atoms with E-state index in [9.17, 15) is 9.90 Å². The number of hydrogen-bond acceptors (Lipinski definition) is 3. The van der Waals surface area contributed by atoms with E-state index in [1.54, 1.807) is 12.1 Å². The number of carbonyl (C=O) groups excluding carboxylic acids is 1. The maximum Gasteiger partial charge on any atom is 0.217 e. The van der Waals surface area contributed by atoms with Gasteiger partial charge in [-0.15, -0.1) is 0 Å². The first-order chi connectivity index (χ1) is 12.4. The van der Waals surface area contributed by atoms with Crippen LogP contribution in [0.1, 0.15) is 48.9 Å². The molecule has 4 nitrogen and oxygen atoms in total. The Morgan fingerprint density at radius 2 is 1.88 bits per heavy atom. The average Bonchev–Trinajstić information content (AvgIpc) is 2.59. The fourth-order valence-electron chi connectivity index (χ4n) is 2.93. The van der Waals surface area contributed by atoms with Crippen LogP contribution in [-0.4, -0.2) is 17.6 Å². The summed E-state index contributed by atoms with van der Waals surface area (Å²) in [5.41, 5.74) is 7.70. The van der Waals surface area contributed by atoms with Gasteiger partial charge in [0, 0.05) is 22.0 Å². The van der Waals surface area contributed by atoms with E-state index >= 15 is 0 Å². The third-order valence-corrected chi connectivity index (χ3v) is 4.64. The highest BCUT2D eigenvalue weighted by Crippen LogP contribution is 2.35. The van der Waals surface area contributed by atoms with Crippen LogP contribution in [0.2, 0.25) is 10.0 Å². The number of aromatic hydroxyl groups is 1. The predicted molar refractivity (Wildman–Crippen MR) is 107 cm³/mol. The van der Waals surface area contributed by atoms with E-state index in [0.29, 0.717) is 35.0 Å². The summed E-state index contributed by atoms with van der Waals surface area (Å²) in [6, 6.07) is 10.7. The number of rotatable bonds is 9. The first-order valence-electron chi connectivity index (χ1n) is 8.70. The zero-order chi connectivity index (χ0) is 19.1. The molecule has 6 heteroatoms. The topological polar surface area (TPSA) is 75.3 Å². The second-order valence-electron chi connectivity index (χ2n) is 6.26. The molecule has 2 aromatic rings. The fourth-order valence-corrected chi connectivity index (χ4v) is 3.31. The van der Waals surface area contributed by atoms with Crippen molar-refractivity contribution in [2.24, 2.45) is 5.73 Å². The van der Waals surface area contributed by atoms with Crippen molar-refractivity contribution in [2.45, 2.75) is 38.6 Å². The lowest BCUT2D eigenvalue weighted by Gasteiger charge is -2.22. The molecule has 0 aliphatic rings. The van der Waals surface area contributed by atoms with E-state index in [0.717, 1.165) is 24.0 Å². The number of halogens is 2. The second-order valence-corrected chi connectivity index (χ2v) is 7.13. The number of primary amides is 1. The number of phenols is 1. The van der Waals surface area contributed by atoms with Crippen molar-refractivity contribution in [2.75, 3.05) is 6.54 Å². The lowest BCUT2D eigenvalue weighted by Crippen LogP contribution is -2.25. The number of benzene rings is 2. The van der Waals surface area contributed by atoms with Gasteiger partial charge in [0.15, 0.2) is 0 Å². The first-order valence-corrected chi connectivity index (χ1v) is 9.46. The van der Waals surface area contributed by atoms with Crippen molar-refractivity contribution in [3.8, 4) is 5.75 Å². The number of nitrogens with one attached hydrogen (secondary N) is 1. The number of amides is 1. The summed E-state index contributed by atoms with van der Waals surface area (Å²) in [5.74, 6) is -0.0794. The molecule has 0 spiro atoms. The standard InChI is InChI=1S/C20H24Cl2N2O2/c1-2-4-14-11-16(22)12-17(20(14)26)19(24-10-3-5-18(23)25)13-6-8-15(21)9-7-13/h6-9,11-12,19,24,26H,2-5,10H2,1H3,(H2,23,25). The Kier molecular flexibility index (Phi) is 7.76. The Hall–Kier alpha value is -1.75. The van der Waals surface area contributed by atoms with Gasteiger partial charge >= 0.3 is 0 Å². The Bertz CT molecular complexity index is 748. The molecule has 2 rings (SSSR count). The largest absolute Gasteiger partial charge is 0.507 e. The average molecular weight is 395 g/mol. The zero-order valence-electron chi connectivity index (χ0n) is 14.8. The van der Waals surface area contributed by atoms with Gasteiger partial charge in [0.1, 0.15) is 5.75 Å². The number of aryl methyl sites for hydroxylation is 1. The van der Waals surface area contributed by atoms with Gasteiger partial charge in [-0.3, -0.25) is 4.79 Å². The summed E-state index contributed by atoms with van der Waals surface area (Å²) in [5, 5.41) is 15.4. The number of carbonyl (C=O) groups is 1. The molecular formula is C20H24Cl2N2O2. The van der Waals surface area contributed by atoms with Crippen LogP contribution in [0.25, 0.3) is 0 Å². The molecule has 26 heavy (non-hydrogen) atoms. The molecule has 2 aromatic carbocycles. The van der Waals surface area contributed by atoms with Gasteiger partial charge in [-0.2, -0.15) is 0 Å². The minimum Gasteiger partial charge on any atom is -0.507 e. The molecule has 0 fully saturated rings. The van der Waals surface area contributed by atoms with E-state index in [1.807, 2.05) is 24.3 Å². The van der Waals surface area contributed by atoms with Crippen LogP contribution in [0.3, 0.4) is 0 Å². The van der Waals surface area contributed by atoms with E-state index in [1.165, 1.54) is 0 Å². The molecule has 0 saturated heterocycles. The van der Waals surface area contributed by atoms with Crippen LogP contribution >= 0.6 is 23.2 Å². The summed E-state index contributed by atoms with van der Waals surface area (Å²) < 4.78 is 0. The SMILES string of the molecule is CCCc1cc(Cl)cc(C(NCCCC(N)=O)c2ccc(Cl)cc2)c1O. The summed E-state index contributed by atoms with van der Waals surface area (Å²) in [6.45, 7) is 2.63. The second kappa shape index (κ2) is 9.81. The van der Waals surface area contributed by atoms with Crippen LogP contribution in [-0.2, 0) is 11.2 Å². The van der Waals surface area contributed by atoms with E-state index in [2.05, 4.69) is 12.2 Å². The van der Waals surface area contributed by atoms with Gasteiger partial charge in [-0.05, 0) is 54.8 Å². The van der Waals surface area contributed by atoms with Crippen molar-refractivity contribution in [3.63, 3.8) is 0 Å². The molecule has 4 N–H and O–H groups in total. The molecule has 0 aliphatic heterocycles. The van der Waals surface area contributed by atoms with Crippen molar-refractivity contribution in [1.29, 1.82) is 0 Å². The highest BCUT2D eigenvalue weighted by atomic mass is 35.5. The molecule has 1 amide bonds. The highest BCUT2D eigenvalue weighted by Gasteiger charge is 2.20. The van der Waals surface area contributed by atoms with Crippen molar-refractivity contribution in [3.05, 3.63) is 63.1 Å². The minimum absolute atomic E-state index is 0.249. The molecule has 0 aliphatic carbocycles. The van der Waals surface area contributed by atoms with Crippen molar-refractivity contribution in [1.82, 2.24) is 5.32 Å². The van der Waals surface area contributed by atoms with Crippen molar-refractivity contribution < 1.29 is 9.90 Å². The van der Waals surface area contributed by atoms with Crippen LogP contribution in [0, 0.1) is 0 Å². The normalized spacial score (nSPS) is 12.1. The smallest absolute Gasteiger partial charge is 0.217 e. The molecule has 140 valence electrons. The Morgan fingerprint density at radius 3 is 2.50 bits per heavy atom. The predicted octanol–water partition coefficient (Wildman–Crippen LogP) is 4.60. The van der Waals surface area contributed by atoms with Gasteiger partial charge in [-0.25, -0.2) is 0 Å². The molecule has 0 saturated carbocycles. The minimum atomic E-state index is -0.328. The van der Waals surface area contributed by atoms with Crippen LogP contribution < -0.4 is 11.1 Å². The lowest BCUT2D eigenvalue weighted by molar-refractivity contribution is -0.118. The third kappa shape index (κ3) is 5.63. The van der Waals surface area contributed by atoms with Crippen LogP contribution in [0.5, 0.6) is 5.75 Å². The Balaban J connectivity index is 2.36. The van der Waals surface area contributed by atoms with Gasteiger partial charge < -0.3 is 16.2 Å². The summed E-state index contributed by atoms with van der Waals surface area (Å²) in [7, 11) is 0. The summed E-state index contributed by atoms with van der Waals surface area (Å²) >= 11 is 12.3. The molecule has 1 unspecified atom stereocenters. The molecule has 0 aromatic heterocycles. The maximum absolute atomic E-state index is 11.0. The third-order valence-electron chi connectivity index (χ3n) is 4.17. The highest BCUT2D eigenvalue weighted by molar-refractivity contribution is 6.31. The summed E-state index contributed by atoms with van der Waals surface area (Å²) in [4.78, 5) is 11.0. The quantitative estimate of drug-likeness (QED) is 0.544. The monoisotopic (exact) mass is 394 g/mol. The fraction of sp³-hybridized carbons (Fsp3) is 0.350. The number of nitrogens with two attached hydrogens (primary N) is 1. The molecule has 1 atom stereocenters. The van der Waals surface area contributed by atoms with Gasteiger partial charge in [0.25, 0.3) is 0 Å². The maximum atomic E-state index is 11.0. The molecule has 0 bridgehead atoms. The Morgan fingerprint density at radius 1 is 1.19 bits per heavy atom. The number of phenolic OH excluding ortho intramolecular Hbond substituents is 1. The molecule has 0 radical (unpaired) electrons. The first kappa shape index (κ1) is 20.6. The zero-order valence-corrected chi connectivity index (χ0v) is 16.3. The van der Waals surface area contributed by atoms with Crippen molar-refractivity contribution >= 4 is 29.1 Å². The number of hydrogen-bond donors (Lipinski definition) is 3.